The van der Waals surface area contributed by atoms with Crippen LogP contribution in [0.3, 0.4) is 0 Å². The molecule has 3 rings (SSSR count). The fourth-order valence-corrected chi connectivity index (χ4v) is 2.90. The Labute approximate surface area is 152 Å². The summed E-state index contributed by atoms with van der Waals surface area (Å²) in [5.74, 6) is 0.835. The van der Waals surface area contributed by atoms with E-state index in [1.54, 1.807) is 14.0 Å². The summed E-state index contributed by atoms with van der Waals surface area (Å²) < 4.78 is 16.4. The molecule has 5 nitrogen and oxygen atoms in total. The minimum atomic E-state index is -0.387. The van der Waals surface area contributed by atoms with Gasteiger partial charge in [0.05, 0.1) is 30.5 Å². The van der Waals surface area contributed by atoms with Crippen molar-refractivity contribution in [2.24, 2.45) is 0 Å². The second kappa shape index (κ2) is 7.87. The summed E-state index contributed by atoms with van der Waals surface area (Å²) in [6.07, 6.45) is 0. The number of hydrogen-bond donors (Lipinski definition) is 0. The number of benzene rings is 2. The summed E-state index contributed by atoms with van der Waals surface area (Å²) in [6, 6.07) is 15.1. The van der Waals surface area contributed by atoms with Gasteiger partial charge >= 0.3 is 5.97 Å². The fourth-order valence-electron chi connectivity index (χ4n) is 2.90. The van der Waals surface area contributed by atoms with Crippen LogP contribution in [-0.2, 0) is 11.3 Å². The maximum Gasteiger partial charge on any atom is 0.340 e. The van der Waals surface area contributed by atoms with Gasteiger partial charge in [0, 0.05) is 5.39 Å². The number of fused-ring (bicyclic) bond motifs is 1. The third-order valence-electron chi connectivity index (χ3n) is 4.14. The molecule has 0 aliphatic rings. The molecule has 0 aliphatic carbocycles. The Bertz CT molecular complexity index is 936. The first-order valence-corrected chi connectivity index (χ1v) is 8.46. The summed E-state index contributed by atoms with van der Waals surface area (Å²) in [5.41, 5.74) is 2.66. The number of pyridine rings is 1. The molecule has 3 aromatic rings. The average molecular weight is 351 g/mol. The number of para-hydroxylation sites is 3. The van der Waals surface area contributed by atoms with Crippen LogP contribution < -0.4 is 9.47 Å². The molecule has 0 saturated heterocycles. The number of ether oxygens (including phenoxy) is 3. The van der Waals surface area contributed by atoms with Gasteiger partial charge in [-0.3, -0.25) is 0 Å². The number of hydrogen-bond acceptors (Lipinski definition) is 5. The summed E-state index contributed by atoms with van der Waals surface area (Å²) in [4.78, 5) is 17.2. The van der Waals surface area contributed by atoms with Gasteiger partial charge in [0.25, 0.3) is 0 Å². The molecule has 0 N–H and O–H groups in total. The largest absolute Gasteiger partial charge is 0.493 e. The third-order valence-corrected chi connectivity index (χ3v) is 4.14. The van der Waals surface area contributed by atoms with Crippen LogP contribution in [0.4, 0.5) is 0 Å². The van der Waals surface area contributed by atoms with Crippen molar-refractivity contribution < 1.29 is 19.0 Å². The van der Waals surface area contributed by atoms with Gasteiger partial charge in [-0.15, -0.1) is 0 Å². The quantitative estimate of drug-likeness (QED) is 0.620. The number of methoxy groups -OCH3 is 1. The molecular formula is C21H21NO4. The van der Waals surface area contributed by atoms with Crippen molar-refractivity contribution in [1.82, 2.24) is 4.98 Å². The number of aromatic nitrogens is 1. The second-order valence-corrected chi connectivity index (χ2v) is 5.74. The molecular weight excluding hydrogens is 330 g/mol. The Kier molecular flexibility index (Phi) is 5.37. The lowest BCUT2D eigenvalue weighted by Gasteiger charge is -2.15. The highest BCUT2D eigenvalue weighted by Gasteiger charge is 2.20. The van der Waals surface area contributed by atoms with Crippen LogP contribution >= 0.6 is 0 Å². The second-order valence-electron chi connectivity index (χ2n) is 5.74. The first-order valence-electron chi connectivity index (χ1n) is 8.46. The summed E-state index contributed by atoms with van der Waals surface area (Å²) in [6.45, 7) is 4.13. The van der Waals surface area contributed by atoms with Crippen molar-refractivity contribution in [1.29, 1.82) is 0 Å². The van der Waals surface area contributed by atoms with Gasteiger partial charge in [-0.05, 0) is 37.6 Å². The zero-order chi connectivity index (χ0) is 18.5. The number of carbonyl (C=O) groups is 1. The first-order chi connectivity index (χ1) is 12.7. The Morgan fingerprint density at radius 2 is 1.73 bits per heavy atom. The van der Waals surface area contributed by atoms with E-state index in [1.807, 2.05) is 55.5 Å². The highest BCUT2D eigenvalue weighted by Crippen LogP contribution is 2.28. The van der Waals surface area contributed by atoms with Crippen molar-refractivity contribution in [2.75, 3.05) is 13.7 Å². The van der Waals surface area contributed by atoms with Gasteiger partial charge < -0.3 is 14.2 Å². The van der Waals surface area contributed by atoms with Crippen molar-refractivity contribution >= 4 is 16.9 Å². The molecule has 0 unspecified atom stereocenters. The molecule has 26 heavy (non-hydrogen) atoms. The molecule has 0 radical (unpaired) electrons. The number of esters is 1. The SMILES string of the molecule is CCOC(=O)c1c(COc2ccccc2OC)nc2ccccc2c1C. The Morgan fingerprint density at radius 1 is 1.04 bits per heavy atom. The lowest BCUT2D eigenvalue weighted by Crippen LogP contribution is -2.14. The minimum Gasteiger partial charge on any atom is -0.493 e. The van der Waals surface area contributed by atoms with Crippen molar-refractivity contribution in [3.05, 3.63) is 65.4 Å². The predicted octanol–water partition coefficient (Wildman–Crippen LogP) is 4.31. The van der Waals surface area contributed by atoms with Gasteiger partial charge in [-0.2, -0.15) is 0 Å². The fraction of sp³-hybridized carbons (Fsp3) is 0.238. The summed E-state index contributed by atoms with van der Waals surface area (Å²) in [7, 11) is 1.59. The maximum atomic E-state index is 12.5. The van der Waals surface area contributed by atoms with Gasteiger partial charge in [-0.1, -0.05) is 30.3 Å². The minimum absolute atomic E-state index is 0.139. The van der Waals surface area contributed by atoms with E-state index in [0.29, 0.717) is 29.4 Å². The zero-order valence-corrected chi connectivity index (χ0v) is 15.1. The molecule has 0 saturated carbocycles. The molecule has 5 heteroatoms. The van der Waals surface area contributed by atoms with E-state index in [4.69, 9.17) is 14.2 Å². The highest BCUT2D eigenvalue weighted by molar-refractivity contribution is 5.98. The molecule has 0 atom stereocenters. The molecule has 0 spiro atoms. The van der Waals surface area contributed by atoms with Crippen molar-refractivity contribution in [2.45, 2.75) is 20.5 Å². The number of rotatable bonds is 6. The first kappa shape index (κ1) is 17.7. The lowest BCUT2D eigenvalue weighted by molar-refractivity contribution is 0.0522. The zero-order valence-electron chi connectivity index (χ0n) is 15.1. The molecule has 0 amide bonds. The monoisotopic (exact) mass is 351 g/mol. The van der Waals surface area contributed by atoms with Gasteiger partial charge in [0.15, 0.2) is 11.5 Å². The normalized spacial score (nSPS) is 10.6. The van der Waals surface area contributed by atoms with Crippen LogP contribution in [0.25, 0.3) is 10.9 Å². The van der Waals surface area contributed by atoms with Gasteiger partial charge in [0.1, 0.15) is 6.61 Å². The van der Waals surface area contributed by atoms with Crippen LogP contribution in [-0.4, -0.2) is 24.7 Å². The third kappa shape index (κ3) is 3.47. The molecule has 134 valence electrons. The van der Waals surface area contributed by atoms with E-state index in [-0.39, 0.29) is 12.6 Å². The molecule has 0 fully saturated rings. The smallest absolute Gasteiger partial charge is 0.340 e. The molecule has 1 heterocycles. The lowest BCUT2D eigenvalue weighted by atomic mass is 10.0. The number of aryl methyl sites for hydroxylation is 1. The van der Waals surface area contributed by atoms with Crippen LogP contribution in [0.2, 0.25) is 0 Å². The average Bonchev–Trinajstić information content (AvgIpc) is 2.66. The van der Waals surface area contributed by atoms with Gasteiger partial charge in [0.2, 0.25) is 0 Å². The summed E-state index contributed by atoms with van der Waals surface area (Å²) >= 11 is 0. The van der Waals surface area contributed by atoms with Crippen LogP contribution in [0.1, 0.15) is 28.5 Å². The topological polar surface area (TPSA) is 57.7 Å². The molecule has 0 bridgehead atoms. The van der Waals surface area contributed by atoms with E-state index in [2.05, 4.69) is 4.98 Å². The number of nitrogens with zero attached hydrogens (tertiary/aromatic N) is 1. The van der Waals surface area contributed by atoms with Crippen LogP contribution in [0.5, 0.6) is 11.5 Å². The molecule has 2 aromatic carbocycles. The predicted molar refractivity (Wildman–Crippen MR) is 99.8 cm³/mol. The van der Waals surface area contributed by atoms with Crippen molar-refractivity contribution in [3.63, 3.8) is 0 Å². The molecule has 0 aliphatic heterocycles. The van der Waals surface area contributed by atoms with E-state index >= 15 is 0 Å². The number of carbonyl (C=O) groups excluding carboxylic acids is 1. The Morgan fingerprint density at radius 3 is 2.46 bits per heavy atom. The maximum absolute atomic E-state index is 12.5. The van der Waals surface area contributed by atoms with Crippen LogP contribution in [0.15, 0.2) is 48.5 Å². The van der Waals surface area contributed by atoms with Crippen LogP contribution in [0, 0.1) is 6.92 Å². The Balaban J connectivity index is 2.03. The Hall–Kier alpha value is -3.08. The van der Waals surface area contributed by atoms with E-state index in [0.717, 1.165) is 16.5 Å². The van der Waals surface area contributed by atoms with Crippen molar-refractivity contribution in [3.8, 4) is 11.5 Å². The standard InChI is InChI=1S/C21H21NO4/c1-4-25-21(23)20-14(2)15-9-5-6-10-16(15)22-17(20)13-26-19-12-8-7-11-18(19)24-3/h5-12H,4,13H2,1-3H3. The van der Waals surface area contributed by atoms with E-state index in [1.165, 1.54) is 0 Å². The van der Waals surface area contributed by atoms with Gasteiger partial charge in [-0.25, -0.2) is 9.78 Å². The highest BCUT2D eigenvalue weighted by atomic mass is 16.5. The van der Waals surface area contributed by atoms with E-state index in [9.17, 15) is 4.79 Å². The molecule has 1 aromatic heterocycles. The van der Waals surface area contributed by atoms with E-state index < -0.39 is 0 Å². The summed E-state index contributed by atoms with van der Waals surface area (Å²) in [5, 5.41) is 0.927.